The van der Waals surface area contributed by atoms with Gasteiger partial charge in [-0.25, -0.2) is 9.97 Å². The zero-order valence-electron chi connectivity index (χ0n) is 16.4. The number of nitrogen functional groups attached to an aromatic ring is 2. The summed E-state index contributed by atoms with van der Waals surface area (Å²) in [4.78, 5) is 22.1. The maximum absolute atomic E-state index is 13.1. The third-order valence-corrected chi connectivity index (χ3v) is 5.42. The van der Waals surface area contributed by atoms with Crippen molar-refractivity contribution < 1.29 is 4.79 Å². The van der Waals surface area contributed by atoms with Gasteiger partial charge in [0, 0.05) is 12.0 Å². The van der Waals surface area contributed by atoms with Crippen molar-refractivity contribution >= 4 is 41.2 Å². The maximum atomic E-state index is 13.1. The van der Waals surface area contributed by atoms with Crippen LogP contribution >= 0.6 is 11.6 Å². The number of carbonyl (C=O) groups excluding carboxylic acids is 1. The molecule has 1 aliphatic heterocycles. The Labute approximate surface area is 179 Å². The van der Waals surface area contributed by atoms with E-state index in [1.54, 1.807) is 0 Å². The fourth-order valence-corrected chi connectivity index (χ4v) is 3.57. The average molecular weight is 429 g/mol. The summed E-state index contributed by atoms with van der Waals surface area (Å²) < 4.78 is 0. The van der Waals surface area contributed by atoms with Crippen molar-refractivity contribution in [1.29, 1.82) is 5.41 Å². The number of carbonyl (C=O) groups is 1. The van der Waals surface area contributed by atoms with Gasteiger partial charge in [-0.3, -0.25) is 15.1 Å². The van der Waals surface area contributed by atoms with E-state index in [-0.39, 0.29) is 34.4 Å². The van der Waals surface area contributed by atoms with Gasteiger partial charge in [0.2, 0.25) is 0 Å². The van der Waals surface area contributed by atoms with Crippen LogP contribution < -0.4 is 22.5 Å². The molecule has 1 aliphatic rings. The first-order valence-electron chi connectivity index (χ1n) is 9.51. The number of anilines is 2. The highest BCUT2D eigenvalue weighted by Crippen LogP contribution is 2.33. The van der Waals surface area contributed by atoms with Crippen LogP contribution in [0, 0.1) is 10.8 Å². The third kappa shape index (κ3) is 4.87. The van der Waals surface area contributed by atoms with Crippen molar-refractivity contribution in [2.75, 3.05) is 31.1 Å². The number of hydrogen-bond acceptors (Lipinski definition) is 7. The summed E-state index contributed by atoms with van der Waals surface area (Å²) in [5.74, 6) is -1.27. The molecule has 0 radical (unpaired) electrons. The lowest BCUT2D eigenvalue weighted by Crippen LogP contribution is -2.50. The smallest absolute Gasteiger partial charge is 0.283 e. The molecule has 1 aromatic heterocycles. The minimum Gasteiger partial charge on any atom is -0.382 e. The van der Waals surface area contributed by atoms with Gasteiger partial charge in [-0.15, -0.1) is 0 Å². The number of hydrogen-bond donors (Lipinski definition) is 5. The second kappa shape index (κ2) is 9.10. The normalized spacial score (nSPS) is 15.8. The van der Waals surface area contributed by atoms with Gasteiger partial charge in [-0.05, 0) is 31.5 Å². The lowest BCUT2D eigenvalue weighted by atomic mass is 9.77. The lowest BCUT2D eigenvalue weighted by molar-refractivity contribution is 0.0784. The van der Waals surface area contributed by atoms with Crippen molar-refractivity contribution in [3.8, 4) is 0 Å². The van der Waals surface area contributed by atoms with E-state index in [9.17, 15) is 4.79 Å². The number of rotatable bonds is 5. The quantitative estimate of drug-likeness (QED) is 0.357. The number of guanidine groups is 1. The van der Waals surface area contributed by atoms with E-state index >= 15 is 0 Å². The van der Waals surface area contributed by atoms with E-state index in [0.29, 0.717) is 0 Å². The second-order valence-corrected chi connectivity index (χ2v) is 7.62. The largest absolute Gasteiger partial charge is 0.382 e. The topological polar surface area (TPSA) is 160 Å². The SMILES string of the molecule is N=C(N)N(CC1(C=Cc2ccccc2)CCNCC1)C(=O)c1nc(Cl)c(N)nc1N. The van der Waals surface area contributed by atoms with Crippen LogP contribution in [-0.4, -0.2) is 46.4 Å². The van der Waals surface area contributed by atoms with Crippen LogP contribution in [0.25, 0.3) is 6.08 Å². The van der Waals surface area contributed by atoms with Gasteiger partial charge < -0.3 is 22.5 Å². The number of amides is 1. The number of benzene rings is 1. The first-order valence-corrected chi connectivity index (χ1v) is 9.88. The van der Waals surface area contributed by atoms with Gasteiger partial charge in [0.1, 0.15) is 0 Å². The molecule has 30 heavy (non-hydrogen) atoms. The molecule has 1 aromatic carbocycles. The first-order chi connectivity index (χ1) is 14.3. The van der Waals surface area contributed by atoms with Gasteiger partial charge in [0.15, 0.2) is 28.4 Å². The molecule has 0 saturated carbocycles. The van der Waals surface area contributed by atoms with E-state index in [1.165, 1.54) is 0 Å². The Morgan fingerprint density at radius 2 is 1.87 bits per heavy atom. The Morgan fingerprint density at radius 1 is 1.20 bits per heavy atom. The Hall–Kier alpha value is -3.17. The summed E-state index contributed by atoms with van der Waals surface area (Å²) in [5.41, 5.74) is 17.7. The molecule has 0 bridgehead atoms. The van der Waals surface area contributed by atoms with Crippen molar-refractivity contribution in [3.63, 3.8) is 0 Å². The minimum absolute atomic E-state index is 0.0688. The summed E-state index contributed by atoms with van der Waals surface area (Å²) in [6.07, 6.45) is 5.67. The van der Waals surface area contributed by atoms with E-state index in [2.05, 4.69) is 21.4 Å². The van der Waals surface area contributed by atoms with Gasteiger partial charge >= 0.3 is 0 Å². The van der Waals surface area contributed by atoms with E-state index in [4.69, 9.17) is 34.2 Å². The summed E-state index contributed by atoms with van der Waals surface area (Å²) in [6, 6.07) is 9.90. The molecule has 2 aromatic rings. The number of nitrogens with one attached hydrogen (secondary N) is 2. The Kier molecular flexibility index (Phi) is 6.53. The molecule has 0 atom stereocenters. The van der Waals surface area contributed by atoms with Crippen molar-refractivity contribution in [2.45, 2.75) is 12.8 Å². The highest BCUT2D eigenvalue weighted by atomic mass is 35.5. The molecular weight excluding hydrogens is 404 g/mol. The minimum atomic E-state index is -0.639. The molecule has 8 N–H and O–H groups in total. The second-order valence-electron chi connectivity index (χ2n) is 7.27. The summed E-state index contributed by atoms with van der Waals surface area (Å²) in [6.45, 7) is 1.78. The zero-order valence-corrected chi connectivity index (χ0v) is 17.2. The number of piperidine rings is 1. The number of nitrogens with two attached hydrogens (primary N) is 3. The first kappa shape index (κ1) is 21.5. The summed E-state index contributed by atoms with van der Waals surface area (Å²) in [7, 11) is 0. The summed E-state index contributed by atoms with van der Waals surface area (Å²) >= 11 is 5.92. The fourth-order valence-electron chi connectivity index (χ4n) is 3.45. The molecule has 2 heterocycles. The molecule has 1 amide bonds. The standard InChI is InChI=1S/C20H25ClN8O/c21-15-17(23)28-16(22)14(27-15)18(30)29(19(24)25)12-20(8-10-26-11-9-20)7-6-13-4-2-1-3-5-13/h1-7,26H,8-12H2,(H3,24,25)(H4,22,23,28). The van der Waals surface area contributed by atoms with Crippen LogP contribution in [0.1, 0.15) is 28.9 Å². The van der Waals surface area contributed by atoms with Crippen LogP contribution in [0.15, 0.2) is 36.4 Å². The van der Waals surface area contributed by atoms with Crippen LogP contribution in [0.4, 0.5) is 11.6 Å². The van der Waals surface area contributed by atoms with E-state index in [1.807, 2.05) is 36.4 Å². The number of halogens is 1. The number of nitrogens with zero attached hydrogens (tertiary/aromatic N) is 3. The highest BCUT2D eigenvalue weighted by Gasteiger charge is 2.35. The summed E-state index contributed by atoms with van der Waals surface area (Å²) in [5, 5.41) is 11.2. The van der Waals surface area contributed by atoms with Gasteiger partial charge in [0.25, 0.3) is 5.91 Å². The maximum Gasteiger partial charge on any atom is 0.283 e. The van der Waals surface area contributed by atoms with Crippen LogP contribution in [-0.2, 0) is 0 Å². The van der Waals surface area contributed by atoms with Gasteiger partial charge in [-0.2, -0.15) is 0 Å². The average Bonchev–Trinajstić information content (AvgIpc) is 2.74. The van der Waals surface area contributed by atoms with Crippen molar-refractivity contribution in [3.05, 3.63) is 52.8 Å². The third-order valence-electron chi connectivity index (χ3n) is 5.14. The van der Waals surface area contributed by atoms with E-state index in [0.717, 1.165) is 36.4 Å². The van der Waals surface area contributed by atoms with Crippen molar-refractivity contribution in [2.24, 2.45) is 11.1 Å². The van der Waals surface area contributed by atoms with Gasteiger partial charge in [0.05, 0.1) is 0 Å². The molecule has 1 fully saturated rings. The Morgan fingerprint density at radius 3 is 2.50 bits per heavy atom. The van der Waals surface area contributed by atoms with E-state index < -0.39 is 11.9 Å². The molecule has 1 saturated heterocycles. The monoisotopic (exact) mass is 428 g/mol. The molecule has 0 spiro atoms. The number of aromatic nitrogens is 2. The van der Waals surface area contributed by atoms with Crippen LogP contribution in [0.2, 0.25) is 5.15 Å². The van der Waals surface area contributed by atoms with Crippen LogP contribution in [0.3, 0.4) is 0 Å². The van der Waals surface area contributed by atoms with Crippen LogP contribution in [0.5, 0.6) is 0 Å². The molecule has 10 heteroatoms. The zero-order chi connectivity index (χ0) is 21.7. The van der Waals surface area contributed by atoms with Crippen molar-refractivity contribution in [1.82, 2.24) is 20.2 Å². The predicted octanol–water partition coefficient (Wildman–Crippen LogP) is 1.71. The fraction of sp³-hybridized carbons (Fsp3) is 0.300. The Balaban J connectivity index is 1.92. The molecule has 9 nitrogen and oxygen atoms in total. The molecule has 0 aliphatic carbocycles. The highest BCUT2D eigenvalue weighted by molar-refractivity contribution is 6.31. The molecule has 3 rings (SSSR count). The predicted molar refractivity (Wildman–Crippen MR) is 119 cm³/mol. The van der Waals surface area contributed by atoms with Gasteiger partial charge in [-0.1, -0.05) is 54.1 Å². The molecular formula is C20H25ClN8O. The molecule has 0 unspecified atom stereocenters. The molecule has 158 valence electrons. The lowest BCUT2D eigenvalue weighted by Gasteiger charge is -2.38. The Bertz CT molecular complexity index is 957.